The minimum Gasteiger partial charge on any atom is -0.456 e. The van der Waals surface area contributed by atoms with E-state index >= 15 is 0 Å². The predicted molar refractivity (Wildman–Crippen MR) is 233 cm³/mol. The first-order valence-corrected chi connectivity index (χ1v) is 19.4. The molecule has 3 heterocycles. The van der Waals surface area contributed by atoms with Crippen molar-refractivity contribution in [3.05, 3.63) is 204 Å². The Morgan fingerprint density at radius 2 is 1.48 bits per heavy atom. The number of hydrogen-bond acceptors (Lipinski definition) is 3. The summed E-state index contributed by atoms with van der Waals surface area (Å²) in [5.74, 6) is 1.52. The van der Waals surface area contributed by atoms with Gasteiger partial charge in [0.15, 0.2) is 0 Å². The standard InChI is InChI=1S/C52H40N2O2/c1-34(36-15-6-3-7-16-36)29-43-31-41(52(55-43)53-35(2)37-17-8-4-9-18-37)30-40-19-14-24-50-51(40)46-33-39(26-28-49(46)56-50)38-25-27-48-45(32-38)44-22-12-13-23-47(44)54(48)42-20-10-5-11-21-42/h3,5-8,10-29,32-33H,1,4,9,30-31H2,2H3/b43-29+,53-35+. The van der Waals surface area contributed by atoms with E-state index in [0.717, 1.165) is 79.8 Å². The molecule has 1 aliphatic heterocycles. The highest BCUT2D eigenvalue weighted by Crippen LogP contribution is 2.40. The summed E-state index contributed by atoms with van der Waals surface area (Å²) in [7, 11) is 0. The van der Waals surface area contributed by atoms with Gasteiger partial charge in [-0.3, -0.25) is 0 Å². The van der Waals surface area contributed by atoms with Gasteiger partial charge in [0, 0.05) is 51.4 Å². The quantitative estimate of drug-likeness (QED) is 0.146. The fourth-order valence-corrected chi connectivity index (χ4v) is 8.33. The van der Waals surface area contributed by atoms with Crippen LogP contribution in [0, 0.1) is 0 Å². The summed E-state index contributed by atoms with van der Waals surface area (Å²) in [5.41, 5.74) is 14.0. The molecule has 2 aromatic heterocycles. The van der Waals surface area contributed by atoms with Gasteiger partial charge in [0.25, 0.3) is 0 Å². The molecule has 0 saturated heterocycles. The van der Waals surface area contributed by atoms with Crippen molar-refractivity contribution in [1.82, 2.24) is 4.57 Å². The van der Waals surface area contributed by atoms with E-state index < -0.39 is 0 Å². The first-order chi connectivity index (χ1) is 27.6. The summed E-state index contributed by atoms with van der Waals surface area (Å²) < 4.78 is 15.4. The fourth-order valence-electron chi connectivity index (χ4n) is 8.33. The second-order valence-corrected chi connectivity index (χ2v) is 14.7. The lowest BCUT2D eigenvalue weighted by molar-refractivity contribution is 0.320. The summed E-state index contributed by atoms with van der Waals surface area (Å²) in [4.78, 5) is 5.12. The van der Waals surface area contributed by atoms with Crippen LogP contribution in [0.2, 0.25) is 0 Å². The van der Waals surface area contributed by atoms with Crippen molar-refractivity contribution >= 4 is 55.0 Å². The fraction of sp³-hybridized carbons (Fsp3) is 0.0962. The number of para-hydroxylation sites is 2. The third-order valence-corrected chi connectivity index (χ3v) is 11.1. The van der Waals surface area contributed by atoms with Crippen LogP contribution in [0.5, 0.6) is 0 Å². The third kappa shape index (κ3) is 6.10. The average Bonchev–Trinajstić information content (AvgIpc) is 3.92. The predicted octanol–water partition coefficient (Wildman–Crippen LogP) is 13.9. The molecule has 4 nitrogen and oxygen atoms in total. The Labute approximate surface area is 326 Å². The number of hydrogen-bond donors (Lipinski definition) is 0. The third-order valence-electron chi connectivity index (χ3n) is 11.1. The zero-order valence-electron chi connectivity index (χ0n) is 31.3. The molecule has 8 aromatic rings. The average molecular weight is 725 g/mol. The van der Waals surface area contributed by atoms with Crippen LogP contribution < -0.4 is 0 Å². The molecule has 0 amide bonds. The molecule has 0 fully saturated rings. The van der Waals surface area contributed by atoms with E-state index in [1.165, 1.54) is 32.9 Å². The van der Waals surface area contributed by atoms with E-state index in [1.54, 1.807) is 0 Å². The molecule has 0 unspecified atom stereocenters. The van der Waals surface area contributed by atoms with Gasteiger partial charge in [-0.2, -0.15) is 0 Å². The van der Waals surface area contributed by atoms with Crippen LogP contribution in [0.15, 0.2) is 203 Å². The molecular weight excluding hydrogens is 685 g/mol. The summed E-state index contributed by atoms with van der Waals surface area (Å²) >= 11 is 0. The van der Waals surface area contributed by atoms with Crippen molar-refractivity contribution in [3.8, 4) is 16.8 Å². The number of benzene rings is 6. The summed E-state index contributed by atoms with van der Waals surface area (Å²) in [5, 5.41) is 4.70. The minimum absolute atomic E-state index is 0.654. The molecular formula is C52H40N2O2. The van der Waals surface area contributed by atoms with E-state index in [4.69, 9.17) is 14.1 Å². The van der Waals surface area contributed by atoms with Crippen molar-refractivity contribution in [2.24, 2.45) is 4.99 Å². The van der Waals surface area contributed by atoms with E-state index in [9.17, 15) is 0 Å². The summed E-state index contributed by atoms with van der Waals surface area (Å²) in [6, 6.07) is 49.3. The molecule has 0 spiro atoms. The summed E-state index contributed by atoms with van der Waals surface area (Å²) in [6.45, 7) is 6.43. The largest absolute Gasteiger partial charge is 0.456 e. The number of aliphatic imine (C=N–C) groups is 1. The van der Waals surface area contributed by atoms with Crippen molar-refractivity contribution in [2.75, 3.05) is 0 Å². The zero-order chi connectivity index (χ0) is 37.6. The van der Waals surface area contributed by atoms with Gasteiger partial charge in [-0.05, 0) is 108 Å². The Morgan fingerprint density at radius 1 is 0.732 bits per heavy atom. The Balaban J connectivity index is 1.05. The van der Waals surface area contributed by atoms with Crippen LogP contribution in [0.3, 0.4) is 0 Å². The molecule has 270 valence electrons. The highest BCUT2D eigenvalue weighted by atomic mass is 16.5. The lowest BCUT2D eigenvalue weighted by Gasteiger charge is -2.09. The van der Waals surface area contributed by atoms with E-state index in [-0.39, 0.29) is 0 Å². The normalized spacial score (nSPS) is 15.4. The van der Waals surface area contributed by atoms with Gasteiger partial charge in [-0.15, -0.1) is 0 Å². The smallest absolute Gasteiger partial charge is 0.218 e. The Hall–Kier alpha value is -6.91. The lowest BCUT2D eigenvalue weighted by Crippen LogP contribution is -2.00. The molecule has 0 N–H and O–H groups in total. The van der Waals surface area contributed by atoms with E-state index in [1.807, 2.05) is 18.2 Å². The van der Waals surface area contributed by atoms with Gasteiger partial charge in [0.2, 0.25) is 5.88 Å². The van der Waals surface area contributed by atoms with Crippen LogP contribution in [0.1, 0.15) is 37.3 Å². The van der Waals surface area contributed by atoms with Crippen LogP contribution in [0.25, 0.3) is 66.1 Å². The van der Waals surface area contributed by atoms with E-state index in [0.29, 0.717) is 18.7 Å². The van der Waals surface area contributed by atoms with Crippen molar-refractivity contribution in [3.63, 3.8) is 0 Å². The van der Waals surface area contributed by atoms with Crippen molar-refractivity contribution in [1.29, 1.82) is 0 Å². The first kappa shape index (κ1) is 33.6. The maximum Gasteiger partial charge on any atom is 0.218 e. The number of rotatable bonds is 8. The van der Waals surface area contributed by atoms with Crippen LogP contribution in [-0.4, -0.2) is 10.3 Å². The van der Waals surface area contributed by atoms with E-state index in [2.05, 4.69) is 164 Å². The maximum atomic E-state index is 6.57. The highest BCUT2D eigenvalue weighted by molar-refractivity contribution is 6.12. The number of furan rings is 1. The molecule has 56 heavy (non-hydrogen) atoms. The number of fused-ring (bicyclic) bond motifs is 6. The molecule has 0 bridgehead atoms. The van der Waals surface area contributed by atoms with Gasteiger partial charge < -0.3 is 13.7 Å². The van der Waals surface area contributed by atoms with Gasteiger partial charge in [0.05, 0.1) is 11.0 Å². The van der Waals surface area contributed by atoms with Crippen LogP contribution >= 0.6 is 0 Å². The molecule has 2 aliphatic rings. The topological polar surface area (TPSA) is 39.7 Å². The highest BCUT2D eigenvalue weighted by Gasteiger charge is 2.24. The SMILES string of the molecule is C=C(/C=C1\CC(Cc2cccc3oc4ccc(-c5ccc6c(c5)c5ccccc5n6-c5ccccc5)cc4c23)=C(/N=C(\C)C2=CCCC=C2)O1)c1ccccc1. The first-order valence-electron chi connectivity index (χ1n) is 19.4. The van der Waals surface area contributed by atoms with Crippen LogP contribution in [0.4, 0.5) is 0 Å². The molecule has 1 aliphatic carbocycles. The maximum absolute atomic E-state index is 6.57. The number of nitrogens with zero attached hydrogens (tertiary/aromatic N) is 2. The molecule has 6 aromatic carbocycles. The van der Waals surface area contributed by atoms with Crippen molar-refractivity contribution < 1.29 is 9.15 Å². The molecule has 0 saturated carbocycles. The molecule has 4 heteroatoms. The van der Waals surface area contributed by atoms with Gasteiger partial charge >= 0.3 is 0 Å². The zero-order valence-corrected chi connectivity index (χ0v) is 31.3. The van der Waals surface area contributed by atoms with Gasteiger partial charge in [0.1, 0.15) is 16.9 Å². The molecule has 0 atom stereocenters. The Kier molecular flexibility index (Phi) is 8.45. The lowest BCUT2D eigenvalue weighted by atomic mass is 9.96. The minimum atomic E-state index is 0.654. The van der Waals surface area contributed by atoms with Crippen LogP contribution in [-0.2, 0) is 11.2 Å². The van der Waals surface area contributed by atoms with Gasteiger partial charge in [-0.1, -0.05) is 116 Å². The molecule has 0 radical (unpaired) electrons. The summed E-state index contributed by atoms with van der Waals surface area (Å²) in [6.07, 6.45) is 12.1. The Morgan fingerprint density at radius 3 is 2.30 bits per heavy atom. The van der Waals surface area contributed by atoms with Gasteiger partial charge in [-0.25, -0.2) is 4.99 Å². The monoisotopic (exact) mass is 724 g/mol. The Bertz CT molecular complexity index is 3000. The second-order valence-electron chi connectivity index (χ2n) is 14.7. The second kappa shape index (κ2) is 14.1. The number of allylic oxidation sites excluding steroid dienone is 7. The number of aromatic nitrogens is 1. The van der Waals surface area contributed by atoms with Crippen molar-refractivity contribution in [2.45, 2.75) is 32.6 Å². The number of ether oxygens (including phenoxy) is 1. The molecule has 10 rings (SSSR count).